The standard InChI is InChI=1S/C17H22N/c1-2-3-4-5-6-7-10-15-13-16-11-8-9-12-17(16)18-14-15/h8-9,11-14H,1-7,10H2. The summed E-state index contributed by atoms with van der Waals surface area (Å²) in [6.07, 6.45) is 10.8. The van der Waals surface area contributed by atoms with E-state index in [1.165, 1.54) is 43.1 Å². The number of fused-ring (bicyclic) bond motifs is 1. The van der Waals surface area contributed by atoms with Gasteiger partial charge in [0.05, 0.1) is 5.52 Å². The molecule has 0 N–H and O–H groups in total. The van der Waals surface area contributed by atoms with Crippen molar-refractivity contribution in [2.75, 3.05) is 0 Å². The summed E-state index contributed by atoms with van der Waals surface area (Å²) in [6, 6.07) is 10.6. The Kier molecular flexibility index (Phi) is 5.19. The quantitative estimate of drug-likeness (QED) is 0.624. The smallest absolute Gasteiger partial charge is 0.0702 e. The van der Waals surface area contributed by atoms with Crippen molar-refractivity contribution in [2.45, 2.75) is 44.9 Å². The Labute approximate surface area is 110 Å². The van der Waals surface area contributed by atoms with E-state index in [0.29, 0.717) is 0 Å². The lowest BCUT2D eigenvalue weighted by atomic mass is 10.0. The summed E-state index contributed by atoms with van der Waals surface area (Å²) in [4.78, 5) is 4.50. The SMILES string of the molecule is [CH2]CCCCCCCc1cnc2ccccc2c1. The van der Waals surface area contributed by atoms with Gasteiger partial charge in [0.2, 0.25) is 0 Å². The number of hydrogen-bond donors (Lipinski definition) is 0. The summed E-state index contributed by atoms with van der Waals surface area (Å²) in [6.45, 7) is 3.87. The number of benzene rings is 1. The van der Waals surface area contributed by atoms with Crippen molar-refractivity contribution in [1.29, 1.82) is 0 Å². The van der Waals surface area contributed by atoms with Crippen molar-refractivity contribution in [3.05, 3.63) is 49.0 Å². The molecule has 1 aromatic heterocycles. The van der Waals surface area contributed by atoms with E-state index in [2.05, 4.69) is 36.2 Å². The summed E-state index contributed by atoms with van der Waals surface area (Å²) in [5.41, 5.74) is 2.46. The summed E-state index contributed by atoms with van der Waals surface area (Å²) >= 11 is 0. The highest BCUT2D eigenvalue weighted by molar-refractivity contribution is 5.78. The summed E-state index contributed by atoms with van der Waals surface area (Å²) in [5.74, 6) is 0. The van der Waals surface area contributed by atoms with Crippen LogP contribution < -0.4 is 0 Å². The summed E-state index contributed by atoms with van der Waals surface area (Å²) < 4.78 is 0. The van der Waals surface area contributed by atoms with Crippen LogP contribution in [0.2, 0.25) is 0 Å². The summed E-state index contributed by atoms with van der Waals surface area (Å²) in [5, 5.41) is 1.26. The molecule has 1 heteroatoms. The van der Waals surface area contributed by atoms with Crippen molar-refractivity contribution in [2.24, 2.45) is 0 Å². The Morgan fingerprint density at radius 1 is 0.944 bits per heavy atom. The molecule has 1 heterocycles. The second kappa shape index (κ2) is 7.15. The number of aryl methyl sites for hydroxylation is 1. The molecule has 0 bridgehead atoms. The van der Waals surface area contributed by atoms with Gasteiger partial charge in [-0.15, -0.1) is 0 Å². The number of nitrogens with zero attached hydrogens (tertiary/aromatic N) is 1. The molecule has 18 heavy (non-hydrogen) atoms. The molecular formula is C17H22N. The lowest BCUT2D eigenvalue weighted by molar-refractivity contribution is 0.617. The number of para-hydroxylation sites is 1. The molecule has 0 fully saturated rings. The Morgan fingerprint density at radius 3 is 2.61 bits per heavy atom. The van der Waals surface area contributed by atoms with E-state index in [9.17, 15) is 0 Å². The second-order valence-corrected chi connectivity index (χ2v) is 4.91. The molecule has 0 atom stereocenters. The van der Waals surface area contributed by atoms with Gasteiger partial charge in [-0.2, -0.15) is 0 Å². The zero-order valence-electron chi connectivity index (χ0n) is 11.1. The van der Waals surface area contributed by atoms with E-state index in [1.54, 1.807) is 0 Å². The molecule has 0 aliphatic carbocycles. The Hall–Kier alpha value is -1.37. The number of rotatable bonds is 7. The van der Waals surface area contributed by atoms with E-state index in [4.69, 9.17) is 0 Å². The highest BCUT2D eigenvalue weighted by Gasteiger charge is 1.97. The maximum atomic E-state index is 4.50. The van der Waals surface area contributed by atoms with Gasteiger partial charge in [-0.1, -0.05) is 57.2 Å². The van der Waals surface area contributed by atoms with Crippen LogP contribution in [0.15, 0.2) is 36.5 Å². The fourth-order valence-electron chi connectivity index (χ4n) is 2.29. The van der Waals surface area contributed by atoms with Gasteiger partial charge in [-0.25, -0.2) is 0 Å². The van der Waals surface area contributed by atoms with Crippen LogP contribution in [0.4, 0.5) is 0 Å². The minimum Gasteiger partial charge on any atom is -0.256 e. The van der Waals surface area contributed by atoms with Crippen LogP contribution in [0, 0.1) is 6.92 Å². The van der Waals surface area contributed by atoms with E-state index >= 15 is 0 Å². The number of pyridine rings is 1. The number of unbranched alkanes of at least 4 members (excludes halogenated alkanes) is 5. The van der Waals surface area contributed by atoms with Crippen LogP contribution in [0.3, 0.4) is 0 Å². The predicted molar refractivity (Wildman–Crippen MR) is 78.5 cm³/mol. The zero-order chi connectivity index (χ0) is 12.6. The normalized spacial score (nSPS) is 10.9. The van der Waals surface area contributed by atoms with Crippen LogP contribution >= 0.6 is 0 Å². The largest absolute Gasteiger partial charge is 0.256 e. The number of aromatic nitrogens is 1. The minimum atomic E-state index is 1.08. The highest BCUT2D eigenvalue weighted by Crippen LogP contribution is 2.15. The van der Waals surface area contributed by atoms with Crippen LogP contribution in [-0.4, -0.2) is 4.98 Å². The Balaban J connectivity index is 1.81. The molecule has 2 rings (SSSR count). The average Bonchev–Trinajstić information content (AvgIpc) is 2.42. The van der Waals surface area contributed by atoms with Gasteiger partial charge in [0.25, 0.3) is 0 Å². The van der Waals surface area contributed by atoms with E-state index < -0.39 is 0 Å². The van der Waals surface area contributed by atoms with Crippen molar-refractivity contribution >= 4 is 10.9 Å². The zero-order valence-corrected chi connectivity index (χ0v) is 11.1. The topological polar surface area (TPSA) is 12.9 Å². The molecule has 0 spiro atoms. The molecule has 1 radical (unpaired) electrons. The first-order chi connectivity index (χ1) is 8.90. The summed E-state index contributed by atoms with van der Waals surface area (Å²) in [7, 11) is 0. The van der Waals surface area contributed by atoms with Gasteiger partial charge >= 0.3 is 0 Å². The highest BCUT2D eigenvalue weighted by atomic mass is 14.6. The molecule has 2 aromatic rings. The monoisotopic (exact) mass is 240 g/mol. The molecule has 1 aromatic carbocycles. The van der Waals surface area contributed by atoms with Crippen LogP contribution in [0.1, 0.15) is 44.1 Å². The third kappa shape index (κ3) is 3.83. The van der Waals surface area contributed by atoms with Crippen LogP contribution in [0.25, 0.3) is 10.9 Å². The van der Waals surface area contributed by atoms with Gasteiger partial charge in [0.1, 0.15) is 0 Å². The molecule has 0 unspecified atom stereocenters. The molecule has 0 saturated carbocycles. The molecule has 95 valence electrons. The number of hydrogen-bond acceptors (Lipinski definition) is 1. The molecular weight excluding hydrogens is 218 g/mol. The lowest BCUT2D eigenvalue weighted by Gasteiger charge is -2.03. The Bertz CT molecular complexity index is 476. The van der Waals surface area contributed by atoms with Gasteiger partial charge < -0.3 is 0 Å². The van der Waals surface area contributed by atoms with Gasteiger partial charge in [0, 0.05) is 11.6 Å². The Morgan fingerprint density at radius 2 is 1.72 bits per heavy atom. The maximum absolute atomic E-state index is 4.50. The fourth-order valence-corrected chi connectivity index (χ4v) is 2.29. The molecule has 0 aliphatic heterocycles. The second-order valence-electron chi connectivity index (χ2n) is 4.91. The lowest BCUT2D eigenvalue weighted by Crippen LogP contribution is -1.88. The van der Waals surface area contributed by atoms with Gasteiger partial charge in [-0.3, -0.25) is 4.98 Å². The van der Waals surface area contributed by atoms with E-state index in [-0.39, 0.29) is 0 Å². The van der Waals surface area contributed by atoms with E-state index in [0.717, 1.165) is 18.4 Å². The van der Waals surface area contributed by atoms with Gasteiger partial charge in [-0.05, 0) is 30.5 Å². The van der Waals surface area contributed by atoms with Crippen molar-refractivity contribution in [1.82, 2.24) is 4.98 Å². The molecule has 1 nitrogen and oxygen atoms in total. The maximum Gasteiger partial charge on any atom is 0.0702 e. The first kappa shape index (κ1) is 13.1. The molecule has 0 amide bonds. The molecule has 0 aliphatic rings. The molecule has 0 saturated heterocycles. The van der Waals surface area contributed by atoms with Crippen molar-refractivity contribution in [3.63, 3.8) is 0 Å². The van der Waals surface area contributed by atoms with Crippen molar-refractivity contribution in [3.8, 4) is 0 Å². The minimum absolute atomic E-state index is 1.08. The van der Waals surface area contributed by atoms with Crippen molar-refractivity contribution < 1.29 is 0 Å². The van der Waals surface area contributed by atoms with E-state index in [1.807, 2.05) is 12.3 Å². The first-order valence-electron chi connectivity index (χ1n) is 7.03. The average molecular weight is 240 g/mol. The van der Waals surface area contributed by atoms with Crippen LogP contribution in [-0.2, 0) is 6.42 Å². The van der Waals surface area contributed by atoms with Gasteiger partial charge in [0.15, 0.2) is 0 Å². The first-order valence-corrected chi connectivity index (χ1v) is 7.03. The third-order valence-electron chi connectivity index (χ3n) is 3.36. The fraction of sp³-hybridized carbons (Fsp3) is 0.412. The van der Waals surface area contributed by atoms with Crippen LogP contribution in [0.5, 0.6) is 0 Å². The predicted octanol–water partition coefficient (Wildman–Crippen LogP) is 4.95. The third-order valence-corrected chi connectivity index (χ3v) is 3.36.